The minimum Gasteiger partial charge on any atom is -0.435 e. The topological polar surface area (TPSA) is 43.1 Å². The van der Waals surface area contributed by atoms with E-state index in [0.717, 1.165) is 24.9 Å². The molecule has 1 heterocycles. The predicted octanol–water partition coefficient (Wildman–Crippen LogP) is 2.52. The highest BCUT2D eigenvalue weighted by Gasteiger charge is 2.26. The summed E-state index contributed by atoms with van der Waals surface area (Å²) < 4.78 is 5.28. The molecule has 2 rings (SSSR count). The second kappa shape index (κ2) is 3.01. The Morgan fingerprint density at radius 2 is 2.33 bits per heavy atom. The van der Waals surface area contributed by atoms with Crippen molar-refractivity contribution in [3.05, 3.63) is 16.3 Å². The maximum absolute atomic E-state index is 10.5. The number of hydrogen-bond donors (Lipinski definition) is 0. The van der Waals surface area contributed by atoms with Crippen LogP contribution in [-0.2, 0) is 0 Å². The first-order chi connectivity index (χ1) is 5.81. The zero-order valence-electron chi connectivity index (χ0n) is 6.42. The summed E-state index contributed by atoms with van der Waals surface area (Å²) in [5.41, 5.74) is 0.451. The van der Waals surface area contributed by atoms with Crippen molar-refractivity contribution in [2.75, 3.05) is 0 Å². The number of oxazole rings is 1. The average molecular weight is 230 g/mol. The first-order valence-electron chi connectivity index (χ1n) is 3.92. The number of aromatic nitrogens is 1. The second-order valence-corrected chi connectivity index (χ2v) is 3.64. The minimum atomic E-state index is 0.409. The first kappa shape index (κ1) is 7.98. The van der Waals surface area contributed by atoms with Crippen LogP contribution in [0, 0.1) is 0 Å². The van der Waals surface area contributed by atoms with Crippen molar-refractivity contribution in [3.8, 4) is 0 Å². The van der Waals surface area contributed by atoms with Crippen LogP contribution < -0.4 is 0 Å². The van der Waals surface area contributed by atoms with Crippen LogP contribution in [0.3, 0.4) is 0 Å². The van der Waals surface area contributed by atoms with Crippen LogP contribution in [0.2, 0.25) is 0 Å². The van der Waals surface area contributed by atoms with E-state index in [2.05, 4.69) is 20.9 Å². The smallest absolute Gasteiger partial charge is 0.264 e. The third-order valence-corrected chi connectivity index (χ3v) is 2.58. The van der Waals surface area contributed by atoms with E-state index in [1.165, 1.54) is 6.42 Å². The third kappa shape index (κ3) is 1.20. The van der Waals surface area contributed by atoms with Gasteiger partial charge in [0, 0.05) is 21.8 Å². The largest absolute Gasteiger partial charge is 0.435 e. The molecule has 0 N–H and O–H groups in total. The number of carbonyl (C=O) groups excluding carboxylic acids is 1. The van der Waals surface area contributed by atoms with Crippen molar-refractivity contribution in [2.24, 2.45) is 0 Å². The standard InChI is InChI=1S/C8H8BrNO2/c9-8-10-6(4-11)7(12-8)5-2-1-3-5/h4-5H,1-3H2. The summed E-state index contributed by atoms with van der Waals surface area (Å²) in [7, 11) is 0. The molecule has 0 amide bonds. The van der Waals surface area contributed by atoms with Crippen molar-refractivity contribution >= 4 is 22.2 Å². The molecule has 0 atom stereocenters. The van der Waals surface area contributed by atoms with Crippen LogP contribution in [0.4, 0.5) is 0 Å². The van der Waals surface area contributed by atoms with Crippen LogP contribution in [0.1, 0.15) is 41.4 Å². The third-order valence-electron chi connectivity index (χ3n) is 2.24. The van der Waals surface area contributed by atoms with Crippen molar-refractivity contribution in [3.63, 3.8) is 0 Å². The maximum Gasteiger partial charge on any atom is 0.264 e. The van der Waals surface area contributed by atoms with Gasteiger partial charge in [0.25, 0.3) is 4.80 Å². The van der Waals surface area contributed by atoms with Crippen LogP contribution in [-0.4, -0.2) is 11.3 Å². The van der Waals surface area contributed by atoms with Gasteiger partial charge in [0.1, 0.15) is 11.5 Å². The Hall–Kier alpha value is -0.640. The fourth-order valence-electron chi connectivity index (χ4n) is 1.36. The molecule has 0 radical (unpaired) electrons. The Labute approximate surface area is 78.3 Å². The number of aldehydes is 1. The summed E-state index contributed by atoms with van der Waals surface area (Å²) in [5.74, 6) is 1.17. The van der Waals surface area contributed by atoms with Gasteiger partial charge in [0.2, 0.25) is 0 Å². The van der Waals surface area contributed by atoms with Gasteiger partial charge in [-0.05, 0) is 12.8 Å². The van der Waals surface area contributed by atoms with E-state index in [-0.39, 0.29) is 0 Å². The second-order valence-electron chi connectivity index (χ2n) is 2.96. The molecule has 1 aliphatic carbocycles. The Morgan fingerprint density at radius 3 is 2.83 bits per heavy atom. The van der Waals surface area contributed by atoms with E-state index >= 15 is 0 Å². The van der Waals surface area contributed by atoms with E-state index in [1.54, 1.807) is 0 Å². The lowest BCUT2D eigenvalue weighted by atomic mass is 9.83. The average Bonchev–Trinajstić information content (AvgIpc) is 2.27. The highest BCUT2D eigenvalue weighted by Crippen LogP contribution is 2.38. The molecule has 0 aromatic carbocycles. The molecular weight excluding hydrogens is 222 g/mol. The molecular formula is C8H8BrNO2. The summed E-state index contributed by atoms with van der Waals surface area (Å²) in [6.45, 7) is 0. The van der Waals surface area contributed by atoms with E-state index in [1.807, 2.05) is 0 Å². The lowest BCUT2D eigenvalue weighted by Gasteiger charge is -2.22. The molecule has 1 aromatic rings. The fourth-order valence-corrected chi connectivity index (χ4v) is 1.73. The highest BCUT2D eigenvalue weighted by atomic mass is 79.9. The Balaban J connectivity index is 2.33. The van der Waals surface area contributed by atoms with Gasteiger partial charge in [-0.15, -0.1) is 0 Å². The lowest BCUT2D eigenvalue weighted by molar-refractivity contribution is 0.111. The molecule has 0 bridgehead atoms. The van der Waals surface area contributed by atoms with Crippen LogP contribution in [0.15, 0.2) is 9.22 Å². The normalized spacial score (nSPS) is 17.4. The van der Waals surface area contributed by atoms with E-state index in [9.17, 15) is 4.79 Å². The molecule has 0 unspecified atom stereocenters. The van der Waals surface area contributed by atoms with Crippen molar-refractivity contribution in [2.45, 2.75) is 25.2 Å². The van der Waals surface area contributed by atoms with Gasteiger partial charge in [-0.3, -0.25) is 4.79 Å². The molecule has 1 fully saturated rings. The summed E-state index contributed by atoms with van der Waals surface area (Å²) in [4.78, 5) is 14.9. The Bertz CT molecular complexity index is 304. The van der Waals surface area contributed by atoms with E-state index in [0.29, 0.717) is 16.4 Å². The van der Waals surface area contributed by atoms with Crippen molar-refractivity contribution in [1.82, 2.24) is 4.98 Å². The summed E-state index contributed by atoms with van der Waals surface area (Å²) in [6, 6.07) is 0. The van der Waals surface area contributed by atoms with Crippen LogP contribution in [0.5, 0.6) is 0 Å². The van der Waals surface area contributed by atoms with Gasteiger partial charge in [-0.1, -0.05) is 6.42 Å². The van der Waals surface area contributed by atoms with Gasteiger partial charge in [-0.25, -0.2) is 4.98 Å². The summed E-state index contributed by atoms with van der Waals surface area (Å²) in [6.07, 6.45) is 4.20. The Kier molecular flexibility index (Phi) is 2.00. The zero-order chi connectivity index (χ0) is 8.55. The monoisotopic (exact) mass is 229 g/mol. The first-order valence-corrected chi connectivity index (χ1v) is 4.72. The highest BCUT2D eigenvalue weighted by molar-refractivity contribution is 9.10. The van der Waals surface area contributed by atoms with Crippen molar-refractivity contribution in [1.29, 1.82) is 0 Å². The number of hydrogen-bond acceptors (Lipinski definition) is 3. The number of nitrogens with zero attached hydrogens (tertiary/aromatic N) is 1. The Morgan fingerprint density at radius 1 is 1.58 bits per heavy atom. The van der Waals surface area contributed by atoms with Crippen LogP contribution in [0.25, 0.3) is 0 Å². The van der Waals surface area contributed by atoms with Gasteiger partial charge < -0.3 is 4.42 Å². The SMILES string of the molecule is O=Cc1nc(Br)oc1C1CCC1. The molecule has 1 aromatic heterocycles. The van der Waals surface area contributed by atoms with Gasteiger partial charge >= 0.3 is 0 Å². The molecule has 12 heavy (non-hydrogen) atoms. The van der Waals surface area contributed by atoms with E-state index < -0.39 is 0 Å². The number of rotatable bonds is 2. The van der Waals surface area contributed by atoms with Gasteiger partial charge in [-0.2, -0.15) is 0 Å². The van der Waals surface area contributed by atoms with Crippen molar-refractivity contribution < 1.29 is 9.21 Å². The molecule has 0 saturated heterocycles. The van der Waals surface area contributed by atoms with Gasteiger partial charge in [0.15, 0.2) is 6.29 Å². The number of halogens is 1. The minimum absolute atomic E-state index is 0.409. The number of carbonyl (C=O) groups is 1. The lowest BCUT2D eigenvalue weighted by Crippen LogP contribution is -2.09. The maximum atomic E-state index is 10.5. The predicted molar refractivity (Wildman–Crippen MR) is 46.2 cm³/mol. The molecule has 0 aliphatic heterocycles. The summed E-state index contributed by atoms with van der Waals surface area (Å²) >= 11 is 3.11. The van der Waals surface area contributed by atoms with E-state index in [4.69, 9.17) is 4.42 Å². The quantitative estimate of drug-likeness (QED) is 0.733. The van der Waals surface area contributed by atoms with Crippen LogP contribution >= 0.6 is 15.9 Å². The molecule has 1 aliphatic rings. The molecule has 64 valence electrons. The molecule has 3 nitrogen and oxygen atoms in total. The fraction of sp³-hybridized carbons (Fsp3) is 0.500. The molecule has 0 spiro atoms. The van der Waals surface area contributed by atoms with Gasteiger partial charge in [0.05, 0.1) is 0 Å². The molecule has 4 heteroatoms. The summed E-state index contributed by atoms with van der Waals surface area (Å²) in [5, 5.41) is 0. The zero-order valence-corrected chi connectivity index (χ0v) is 8.00. The molecule has 1 saturated carbocycles.